The van der Waals surface area contributed by atoms with Crippen molar-refractivity contribution < 1.29 is 13.2 Å². The first-order chi connectivity index (χ1) is 12.1. The smallest absolute Gasteiger partial charge is 0.243 e. The van der Waals surface area contributed by atoms with Crippen molar-refractivity contribution in [2.75, 3.05) is 12.3 Å². The largest absolute Gasteiger partial charge is 0.285 e. The van der Waals surface area contributed by atoms with Gasteiger partial charge in [0.05, 0.1) is 10.9 Å². The van der Waals surface area contributed by atoms with Crippen molar-refractivity contribution in [3.8, 4) is 0 Å². The lowest BCUT2D eigenvalue weighted by atomic mass is 10.2. The van der Waals surface area contributed by atoms with Crippen molar-refractivity contribution in [1.82, 2.24) is 4.31 Å². The quantitative estimate of drug-likeness (QED) is 0.777. The SMILES string of the molecule is O=C(SCCc1ccccc1)[C@@H]1CCCN1S(=O)(=O)c1ccccc1. The maximum Gasteiger partial charge on any atom is 0.243 e. The molecule has 0 aliphatic carbocycles. The summed E-state index contributed by atoms with van der Waals surface area (Å²) in [6, 6.07) is 17.8. The zero-order valence-electron chi connectivity index (χ0n) is 13.9. The molecular weight excluding hydrogens is 354 g/mol. The number of sulfonamides is 1. The summed E-state index contributed by atoms with van der Waals surface area (Å²) in [6.45, 7) is 0.410. The monoisotopic (exact) mass is 375 g/mol. The van der Waals surface area contributed by atoms with Crippen molar-refractivity contribution in [3.05, 3.63) is 66.2 Å². The van der Waals surface area contributed by atoms with Gasteiger partial charge >= 0.3 is 0 Å². The Morgan fingerprint density at radius 2 is 1.68 bits per heavy atom. The van der Waals surface area contributed by atoms with Crippen molar-refractivity contribution in [2.45, 2.75) is 30.2 Å². The van der Waals surface area contributed by atoms with Crippen LogP contribution in [-0.4, -0.2) is 36.2 Å². The maximum atomic E-state index is 12.8. The Hall–Kier alpha value is -1.63. The van der Waals surface area contributed by atoms with Gasteiger partial charge in [-0.3, -0.25) is 4.79 Å². The first kappa shape index (κ1) is 18.2. The van der Waals surface area contributed by atoms with Crippen molar-refractivity contribution in [1.29, 1.82) is 0 Å². The standard InChI is InChI=1S/C19H21NO3S2/c21-19(24-15-13-16-8-3-1-4-9-16)18-12-7-14-20(18)25(22,23)17-10-5-2-6-11-17/h1-6,8-11,18H,7,12-15H2/t18-/m0/s1. The number of nitrogens with zero attached hydrogens (tertiary/aromatic N) is 1. The average molecular weight is 376 g/mol. The lowest BCUT2D eigenvalue weighted by Crippen LogP contribution is -2.39. The molecule has 2 aromatic rings. The van der Waals surface area contributed by atoms with E-state index in [2.05, 4.69) is 0 Å². The van der Waals surface area contributed by atoms with Crippen LogP contribution in [0.25, 0.3) is 0 Å². The van der Waals surface area contributed by atoms with E-state index in [0.29, 0.717) is 18.7 Å². The van der Waals surface area contributed by atoms with Gasteiger partial charge in [0, 0.05) is 12.3 Å². The number of carbonyl (C=O) groups is 1. The second-order valence-electron chi connectivity index (χ2n) is 5.99. The molecule has 0 amide bonds. The van der Waals surface area contributed by atoms with E-state index in [0.717, 1.165) is 12.8 Å². The molecule has 0 saturated carbocycles. The maximum absolute atomic E-state index is 12.8. The summed E-state index contributed by atoms with van der Waals surface area (Å²) < 4.78 is 27.0. The highest BCUT2D eigenvalue weighted by Gasteiger charge is 2.39. The highest BCUT2D eigenvalue weighted by Crippen LogP contribution is 2.29. The molecule has 1 heterocycles. The molecule has 3 rings (SSSR count). The molecular formula is C19H21NO3S2. The van der Waals surface area contributed by atoms with Crippen LogP contribution in [0, 0.1) is 0 Å². The predicted octanol–water partition coefficient (Wildman–Crippen LogP) is 3.34. The van der Waals surface area contributed by atoms with Gasteiger partial charge in [0.25, 0.3) is 0 Å². The van der Waals surface area contributed by atoms with E-state index in [1.807, 2.05) is 30.3 Å². The molecule has 0 aromatic heterocycles. The van der Waals surface area contributed by atoms with Gasteiger partial charge < -0.3 is 0 Å². The summed E-state index contributed by atoms with van der Waals surface area (Å²) in [4.78, 5) is 12.8. The Morgan fingerprint density at radius 1 is 1.04 bits per heavy atom. The topological polar surface area (TPSA) is 54.5 Å². The lowest BCUT2D eigenvalue weighted by molar-refractivity contribution is -0.113. The van der Waals surface area contributed by atoms with Crippen LogP contribution in [-0.2, 0) is 21.2 Å². The minimum absolute atomic E-state index is 0.0482. The number of benzene rings is 2. The predicted molar refractivity (Wildman–Crippen MR) is 101 cm³/mol. The second kappa shape index (κ2) is 8.17. The summed E-state index contributed by atoms with van der Waals surface area (Å²) in [7, 11) is -3.61. The molecule has 0 spiro atoms. The van der Waals surface area contributed by atoms with Crippen molar-refractivity contribution >= 4 is 26.9 Å². The minimum atomic E-state index is -3.61. The van der Waals surface area contributed by atoms with Gasteiger partial charge in [-0.1, -0.05) is 60.3 Å². The van der Waals surface area contributed by atoms with Crippen molar-refractivity contribution in [2.24, 2.45) is 0 Å². The molecule has 1 saturated heterocycles. The van der Waals surface area contributed by atoms with Crippen LogP contribution < -0.4 is 0 Å². The van der Waals surface area contributed by atoms with Crippen LogP contribution in [0.1, 0.15) is 18.4 Å². The van der Waals surface area contributed by atoms with Gasteiger partial charge in [0.15, 0.2) is 0 Å². The Morgan fingerprint density at radius 3 is 2.36 bits per heavy atom. The molecule has 25 heavy (non-hydrogen) atoms. The molecule has 0 radical (unpaired) electrons. The normalized spacial score (nSPS) is 18.3. The zero-order valence-corrected chi connectivity index (χ0v) is 15.5. The van der Waals surface area contributed by atoms with Crippen LogP contribution in [0.4, 0.5) is 0 Å². The van der Waals surface area contributed by atoms with Crippen LogP contribution in [0.3, 0.4) is 0 Å². The van der Waals surface area contributed by atoms with E-state index in [-0.39, 0.29) is 10.0 Å². The lowest BCUT2D eigenvalue weighted by Gasteiger charge is -2.22. The first-order valence-corrected chi connectivity index (χ1v) is 10.8. The van der Waals surface area contributed by atoms with Gasteiger partial charge in [-0.25, -0.2) is 8.42 Å². The highest BCUT2D eigenvalue weighted by molar-refractivity contribution is 8.13. The summed E-state index contributed by atoms with van der Waals surface area (Å²) in [5, 5.41) is -0.0482. The summed E-state index contributed by atoms with van der Waals surface area (Å²) in [6.07, 6.45) is 2.13. The fourth-order valence-corrected chi connectivity index (χ4v) is 5.72. The first-order valence-electron chi connectivity index (χ1n) is 8.36. The van der Waals surface area contributed by atoms with E-state index in [9.17, 15) is 13.2 Å². The van der Waals surface area contributed by atoms with E-state index >= 15 is 0 Å². The summed E-state index contributed by atoms with van der Waals surface area (Å²) in [5.41, 5.74) is 1.18. The molecule has 6 heteroatoms. The summed E-state index contributed by atoms with van der Waals surface area (Å²) >= 11 is 1.24. The van der Waals surface area contributed by atoms with Crippen LogP contribution >= 0.6 is 11.8 Å². The minimum Gasteiger partial charge on any atom is -0.285 e. The average Bonchev–Trinajstić information content (AvgIpc) is 3.14. The van der Waals surface area contributed by atoms with Gasteiger partial charge in [0.2, 0.25) is 15.1 Å². The Kier molecular flexibility index (Phi) is 5.93. The fraction of sp³-hybridized carbons (Fsp3) is 0.316. The Balaban J connectivity index is 1.64. The molecule has 4 nitrogen and oxygen atoms in total. The van der Waals surface area contributed by atoms with Crippen LogP contribution in [0.5, 0.6) is 0 Å². The van der Waals surface area contributed by atoms with E-state index < -0.39 is 16.1 Å². The molecule has 1 atom stereocenters. The molecule has 1 aliphatic heterocycles. The number of aryl methyl sites for hydroxylation is 1. The van der Waals surface area contributed by atoms with Crippen LogP contribution in [0.15, 0.2) is 65.6 Å². The molecule has 0 unspecified atom stereocenters. The zero-order chi connectivity index (χ0) is 17.7. The van der Waals surface area contributed by atoms with Gasteiger partial charge in [-0.15, -0.1) is 0 Å². The highest BCUT2D eigenvalue weighted by atomic mass is 32.2. The van der Waals surface area contributed by atoms with Crippen molar-refractivity contribution in [3.63, 3.8) is 0 Å². The van der Waals surface area contributed by atoms with E-state index in [4.69, 9.17) is 0 Å². The number of carbonyl (C=O) groups excluding carboxylic acids is 1. The number of rotatable bonds is 6. The molecule has 0 N–H and O–H groups in total. The van der Waals surface area contributed by atoms with Crippen LogP contribution in [0.2, 0.25) is 0 Å². The molecule has 2 aromatic carbocycles. The molecule has 1 fully saturated rings. The summed E-state index contributed by atoms with van der Waals surface area (Å²) in [5.74, 6) is 0.665. The third-order valence-corrected chi connectivity index (χ3v) is 7.19. The number of hydrogen-bond acceptors (Lipinski definition) is 4. The third-order valence-electron chi connectivity index (χ3n) is 4.30. The molecule has 1 aliphatic rings. The Bertz CT molecular complexity index is 807. The second-order valence-corrected chi connectivity index (χ2v) is 8.98. The van der Waals surface area contributed by atoms with E-state index in [1.54, 1.807) is 30.3 Å². The van der Waals surface area contributed by atoms with Gasteiger partial charge in [-0.05, 0) is 37.0 Å². The third kappa shape index (κ3) is 4.32. The fourth-order valence-electron chi connectivity index (χ4n) is 3.00. The number of hydrogen-bond donors (Lipinski definition) is 0. The van der Waals surface area contributed by atoms with E-state index in [1.165, 1.54) is 21.6 Å². The Labute approximate surface area is 153 Å². The number of thioether (sulfide) groups is 1. The molecule has 0 bridgehead atoms. The van der Waals surface area contributed by atoms with Gasteiger partial charge in [-0.2, -0.15) is 4.31 Å². The molecule has 132 valence electrons. The van der Waals surface area contributed by atoms with Gasteiger partial charge in [0.1, 0.15) is 0 Å².